The minimum Gasteiger partial charge on any atom is -0.479 e. The fraction of sp³-hybridized carbons (Fsp3) is 0.417. The third-order valence-corrected chi connectivity index (χ3v) is 2.33. The number of carboxylic acids is 1. The van der Waals surface area contributed by atoms with Gasteiger partial charge in [0, 0.05) is 0 Å². The van der Waals surface area contributed by atoms with Gasteiger partial charge < -0.3 is 9.84 Å². The molecule has 0 saturated carbocycles. The Balaban J connectivity index is 2.62. The summed E-state index contributed by atoms with van der Waals surface area (Å²) in [4.78, 5) is 10.5. The fourth-order valence-electron chi connectivity index (χ4n) is 1.29. The summed E-state index contributed by atoms with van der Waals surface area (Å²) in [7, 11) is 0. The first-order chi connectivity index (χ1) is 7.00. The summed E-state index contributed by atoms with van der Waals surface area (Å²) in [5.41, 5.74) is 3.36. The van der Waals surface area contributed by atoms with E-state index in [-0.39, 0.29) is 0 Å². The van der Waals surface area contributed by atoms with Crippen molar-refractivity contribution in [1.82, 2.24) is 0 Å². The summed E-state index contributed by atoms with van der Waals surface area (Å²) < 4.78 is 5.21. The van der Waals surface area contributed by atoms with E-state index in [0.29, 0.717) is 6.61 Å². The number of aryl methyl sites for hydroxylation is 2. The monoisotopic (exact) mass is 208 g/mol. The lowest BCUT2D eigenvalue weighted by atomic mass is 10.1. The number of ether oxygens (including phenoxy) is 1. The molecule has 1 rings (SSSR count). The zero-order valence-electron chi connectivity index (χ0n) is 9.28. The second kappa shape index (κ2) is 4.94. The molecule has 3 nitrogen and oxygen atoms in total. The molecule has 0 aromatic heterocycles. The smallest absolute Gasteiger partial charge is 0.332 e. The first-order valence-electron chi connectivity index (χ1n) is 4.91. The van der Waals surface area contributed by atoms with E-state index in [4.69, 9.17) is 9.84 Å². The highest BCUT2D eigenvalue weighted by molar-refractivity contribution is 5.71. The Hall–Kier alpha value is -1.35. The molecule has 82 valence electrons. The Kier molecular flexibility index (Phi) is 3.86. The first kappa shape index (κ1) is 11.7. The average Bonchev–Trinajstić information content (AvgIpc) is 2.15. The van der Waals surface area contributed by atoms with E-state index in [2.05, 4.69) is 6.07 Å². The Morgan fingerprint density at radius 1 is 1.47 bits per heavy atom. The van der Waals surface area contributed by atoms with E-state index in [9.17, 15) is 4.79 Å². The Morgan fingerprint density at radius 2 is 2.13 bits per heavy atom. The third-order valence-electron chi connectivity index (χ3n) is 2.33. The van der Waals surface area contributed by atoms with Gasteiger partial charge in [-0.15, -0.1) is 0 Å². The summed E-state index contributed by atoms with van der Waals surface area (Å²) in [5, 5.41) is 8.65. The van der Waals surface area contributed by atoms with Crippen LogP contribution in [-0.2, 0) is 16.1 Å². The van der Waals surface area contributed by atoms with Crippen LogP contribution < -0.4 is 0 Å². The second-order valence-corrected chi connectivity index (χ2v) is 3.72. The summed E-state index contributed by atoms with van der Waals surface area (Å²) in [6, 6.07) is 6.03. The molecule has 1 aromatic rings. The summed E-state index contributed by atoms with van der Waals surface area (Å²) >= 11 is 0. The van der Waals surface area contributed by atoms with E-state index in [0.717, 1.165) is 11.1 Å². The van der Waals surface area contributed by atoms with Gasteiger partial charge >= 0.3 is 5.97 Å². The number of carbonyl (C=O) groups is 1. The van der Waals surface area contributed by atoms with Crippen molar-refractivity contribution in [3.05, 3.63) is 34.9 Å². The molecule has 0 saturated heterocycles. The standard InChI is InChI=1S/C12H16O3/c1-8-4-5-11(9(2)6-8)7-15-10(3)12(13)14/h4-6,10H,7H2,1-3H3,(H,13,14). The van der Waals surface area contributed by atoms with Crippen LogP contribution in [0.25, 0.3) is 0 Å². The van der Waals surface area contributed by atoms with E-state index < -0.39 is 12.1 Å². The van der Waals surface area contributed by atoms with Gasteiger partial charge in [0.1, 0.15) is 0 Å². The molecule has 15 heavy (non-hydrogen) atoms. The zero-order chi connectivity index (χ0) is 11.4. The predicted octanol–water partition coefficient (Wildman–Crippen LogP) is 2.29. The molecule has 0 aliphatic rings. The van der Waals surface area contributed by atoms with Gasteiger partial charge in [-0.3, -0.25) is 0 Å². The number of aliphatic carboxylic acids is 1. The quantitative estimate of drug-likeness (QED) is 0.825. The van der Waals surface area contributed by atoms with Crippen LogP contribution in [0.2, 0.25) is 0 Å². The maximum Gasteiger partial charge on any atom is 0.332 e. The van der Waals surface area contributed by atoms with Gasteiger partial charge in [-0.2, -0.15) is 0 Å². The van der Waals surface area contributed by atoms with Crippen molar-refractivity contribution in [2.75, 3.05) is 0 Å². The SMILES string of the molecule is Cc1ccc(COC(C)C(=O)O)c(C)c1. The number of benzene rings is 1. The molecule has 1 N–H and O–H groups in total. The van der Waals surface area contributed by atoms with Crippen molar-refractivity contribution >= 4 is 5.97 Å². The summed E-state index contributed by atoms with van der Waals surface area (Å²) in [6.45, 7) is 5.90. The van der Waals surface area contributed by atoms with Crippen LogP contribution >= 0.6 is 0 Å². The Morgan fingerprint density at radius 3 is 2.67 bits per heavy atom. The van der Waals surface area contributed by atoms with Crippen LogP contribution in [0.15, 0.2) is 18.2 Å². The number of hydrogen-bond acceptors (Lipinski definition) is 2. The number of hydrogen-bond donors (Lipinski definition) is 1. The molecule has 0 aliphatic heterocycles. The van der Waals surface area contributed by atoms with Crippen LogP contribution in [0.4, 0.5) is 0 Å². The van der Waals surface area contributed by atoms with Crippen molar-refractivity contribution in [3.63, 3.8) is 0 Å². The van der Waals surface area contributed by atoms with Crippen LogP contribution in [0.1, 0.15) is 23.6 Å². The van der Waals surface area contributed by atoms with Crippen molar-refractivity contribution in [2.45, 2.75) is 33.5 Å². The van der Waals surface area contributed by atoms with Crippen LogP contribution in [0.3, 0.4) is 0 Å². The lowest BCUT2D eigenvalue weighted by Crippen LogP contribution is -2.19. The van der Waals surface area contributed by atoms with Crippen LogP contribution in [-0.4, -0.2) is 17.2 Å². The van der Waals surface area contributed by atoms with Crippen molar-refractivity contribution in [1.29, 1.82) is 0 Å². The molecule has 0 amide bonds. The molecule has 1 atom stereocenters. The van der Waals surface area contributed by atoms with Crippen LogP contribution in [0, 0.1) is 13.8 Å². The van der Waals surface area contributed by atoms with Gasteiger partial charge in [0.2, 0.25) is 0 Å². The Bertz CT molecular complexity index is 358. The second-order valence-electron chi connectivity index (χ2n) is 3.72. The topological polar surface area (TPSA) is 46.5 Å². The maximum absolute atomic E-state index is 10.5. The van der Waals surface area contributed by atoms with Crippen molar-refractivity contribution in [3.8, 4) is 0 Å². The fourth-order valence-corrected chi connectivity index (χ4v) is 1.29. The number of rotatable bonds is 4. The van der Waals surface area contributed by atoms with Gasteiger partial charge in [0.15, 0.2) is 6.10 Å². The highest BCUT2D eigenvalue weighted by atomic mass is 16.5. The highest BCUT2D eigenvalue weighted by Crippen LogP contribution is 2.12. The van der Waals surface area contributed by atoms with Crippen molar-refractivity contribution in [2.24, 2.45) is 0 Å². The molecule has 0 fully saturated rings. The lowest BCUT2D eigenvalue weighted by molar-refractivity contribution is -0.149. The van der Waals surface area contributed by atoms with Gasteiger partial charge in [0.25, 0.3) is 0 Å². The van der Waals surface area contributed by atoms with Gasteiger partial charge in [-0.1, -0.05) is 23.8 Å². The Labute approximate surface area is 89.7 Å². The zero-order valence-corrected chi connectivity index (χ0v) is 9.28. The molecule has 3 heteroatoms. The molecule has 1 unspecified atom stereocenters. The van der Waals surface area contributed by atoms with E-state index in [1.807, 2.05) is 26.0 Å². The molecule has 0 bridgehead atoms. The average molecular weight is 208 g/mol. The summed E-state index contributed by atoms with van der Waals surface area (Å²) in [5.74, 6) is -0.931. The van der Waals surface area contributed by atoms with E-state index >= 15 is 0 Å². The van der Waals surface area contributed by atoms with E-state index in [1.54, 1.807) is 0 Å². The van der Waals surface area contributed by atoms with Gasteiger partial charge in [-0.25, -0.2) is 4.79 Å². The van der Waals surface area contributed by atoms with Crippen molar-refractivity contribution < 1.29 is 14.6 Å². The number of carboxylic acid groups (broad SMARTS) is 1. The molecular formula is C12H16O3. The minimum absolute atomic E-state index is 0.347. The minimum atomic E-state index is -0.931. The summed E-state index contributed by atoms with van der Waals surface area (Å²) in [6.07, 6.45) is -0.759. The highest BCUT2D eigenvalue weighted by Gasteiger charge is 2.11. The van der Waals surface area contributed by atoms with Gasteiger partial charge in [-0.05, 0) is 31.9 Å². The predicted molar refractivity (Wildman–Crippen MR) is 57.8 cm³/mol. The molecule has 0 radical (unpaired) electrons. The largest absolute Gasteiger partial charge is 0.479 e. The first-order valence-corrected chi connectivity index (χ1v) is 4.91. The molecule has 1 aromatic carbocycles. The maximum atomic E-state index is 10.5. The third kappa shape index (κ3) is 3.36. The molecule has 0 aliphatic carbocycles. The van der Waals surface area contributed by atoms with Gasteiger partial charge in [0.05, 0.1) is 6.61 Å². The molecule has 0 heterocycles. The normalized spacial score (nSPS) is 12.5. The van der Waals surface area contributed by atoms with Crippen LogP contribution in [0.5, 0.6) is 0 Å². The molecule has 0 spiro atoms. The lowest BCUT2D eigenvalue weighted by Gasteiger charge is -2.10. The molecular weight excluding hydrogens is 192 g/mol. The van der Waals surface area contributed by atoms with E-state index in [1.165, 1.54) is 12.5 Å².